The van der Waals surface area contributed by atoms with Gasteiger partial charge in [0.2, 0.25) is 11.8 Å². The molecule has 11 heteroatoms. The van der Waals surface area contributed by atoms with Crippen LogP contribution in [-0.2, 0) is 25.5 Å². The van der Waals surface area contributed by atoms with Gasteiger partial charge in [-0.2, -0.15) is 0 Å². The van der Waals surface area contributed by atoms with Crippen LogP contribution < -0.4 is 4.74 Å². The van der Waals surface area contributed by atoms with Crippen molar-refractivity contribution in [1.29, 1.82) is 0 Å². The van der Waals surface area contributed by atoms with Gasteiger partial charge in [0.1, 0.15) is 35.2 Å². The number of aryl methyl sites for hydroxylation is 1. The molecule has 0 N–H and O–H groups in total. The van der Waals surface area contributed by atoms with E-state index >= 15 is 0 Å². The summed E-state index contributed by atoms with van der Waals surface area (Å²) in [6.07, 6.45) is 0.0875. The van der Waals surface area contributed by atoms with Gasteiger partial charge in [-0.15, -0.1) is 0 Å². The van der Waals surface area contributed by atoms with Gasteiger partial charge in [-0.05, 0) is 31.2 Å². The molecule has 2 amide bonds. The van der Waals surface area contributed by atoms with Gasteiger partial charge >= 0.3 is 0 Å². The quantitative estimate of drug-likeness (QED) is 0.600. The van der Waals surface area contributed by atoms with E-state index in [0.29, 0.717) is 50.0 Å². The summed E-state index contributed by atoms with van der Waals surface area (Å²) in [4.78, 5) is 29.4. The van der Waals surface area contributed by atoms with E-state index < -0.39 is 5.60 Å². The van der Waals surface area contributed by atoms with E-state index in [1.165, 1.54) is 24.3 Å². The number of amides is 2. The summed E-state index contributed by atoms with van der Waals surface area (Å²) in [6.45, 7) is 4.56. The van der Waals surface area contributed by atoms with Crippen LogP contribution >= 0.6 is 0 Å². The molecular weight excluding hydrogens is 435 g/mol. The molecule has 4 rings (SSSR count). The lowest BCUT2D eigenvalue weighted by molar-refractivity contribution is -0.167. The maximum atomic E-state index is 13.3. The fourth-order valence-electron chi connectivity index (χ4n) is 3.91. The Labute approximate surface area is 190 Å². The zero-order valence-electron chi connectivity index (χ0n) is 18.5. The average Bonchev–Trinajstić information content (AvgIpc) is 3.23. The van der Waals surface area contributed by atoms with Crippen molar-refractivity contribution < 1.29 is 32.8 Å². The van der Waals surface area contributed by atoms with E-state index in [-0.39, 0.29) is 50.2 Å². The molecule has 0 spiro atoms. The SMILES string of the molecule is Cc1nonc1CC(=O)N1CCO[C@@](COc2ccc(F)cc2)(CC(=O)N2CCOCC2)C1. The molecule has 0 aliphatic carbocycles. The Hall–Kier alpha value is -3.05. The van der Waals surface area contributed by atoms with Crippen molar-refractivity contribution in [3.63, 3.8) is 0 Å². The van der Waals surface area contributed by atoms with Crippen molar-refractivity contribution in [2.24, 2.45) is 0 Å². The third-order valence-corrected chi connectivity index (χ3v) is 5.82. The minimum absolute atomic E-state index is 0.0308. The van der Waals surface area contributed by atoms with Gasteiger partial charge in [-0.1, -0.05) is 10.3 Å². The zero-order valence-corrected chi connectivity index (χ0v) is 18.5. The van der Waals surface area contributed by atoms with Crippen LogP contribution in [0.2, 0.25) is 0 Å². The van der Waals surface area contributed by atoms with E-state index in [2.05, 4.69) is 14.9 Å². The number of rotatable bonds is 7. The lowest BCUT2D eigenvalue weighted by atomic mass is 9.96. The summed E-state index contributed by atoms with van der Waals surface area (Å²) >= 11 is 0. The molecule has 33 heavy (non-hydrogen) atoms. The Morgan fingerprint density at radius 2 is 1.79 bits per heavy atom. The first kappa shape index (κ1) is 23.1. The van der Waals surface area contributed by atoms with Crippen LogP contribution in [0.15, 0.2) is 28.9 Å². The highest BCUT2D eigenvalue weighted by molar-refractivity contribution is 5.80. The monoisotopic (exact) mass is 462 g/mol. The predicted molar refractivity (Wildman–Crippen MR) is 112 cm³/mol. The fourth-order valence-corrected chi connectivity index (χ4v) is 3.91. The summed E-state index contributed by atoms with van der Waals surface area (Å²) in [5.74, 6) is -0.178. The Morgan fingerprint density at radius 3 is 2.48 bits per heavy atom. The summed E-state index contributed by atoms with van der Waals surface area (Å²) in [5.41, 5.74) is -0.0107. The van der Waals surface area contributed by atoms with Crippen molar-refractivity contribution in [1.82, 2.24) is 20.1 Å². The summed E-state index contributed by atoms with van der Waals surface area (Å²) in [5, 5.41) is 7.50. The molecular formula is C22H27FN4O6. The van der Waals surface area contributed by atoms with Crippen molar-refractivity contribution in [3.8, 4) is 5.75 Å². The highest BCUT2D eigenvalue weighted by Gasteiger charge is 2.42. The van der Waals surface area contributed by atoms with Crippen LogP contribution in [0.25, 0.3) is 0 Å². The Balaban J connectivity index is 1.48. The van der Waals surface area contributed by atoms with E-state index in [1.54, 1.807) is 16.7 Å². The molecule has 0 radical (unpaired) electrons. The average molecular weight is 462 g/mol. The molecule has 1 aromatic carbocycles. The lowest BCUT2D eigenvalue weighted by Gasteiger charge is -2.43. The van der Waals surface area contributed by atoms with Gasteiger partial charge < -0.3 is 24.0 Å². The minimum Gasteiger partial charge on any atom is -0.490 e. The molecule has 2 aliphatic rings. The van der Waals surface area contributed by atoms with Gasteiger partial charge in [0.15, 0.2) is 0 Å². The molecule has 1 aromatic heterocycles. The maximum absolute atomic E-state index is 13.3. The van der Waals surface area contributed by atoms with Gasteiger partial charge in [0.05, 0.1) is 39.2 Å². The largest absolute Gasteiger partial charge is 0.490 e. The molecule has 2 aromatic rings. The number of carbonyl (C=O) groups is 2. The number of nitrogens with zero attached hydrogens (tertiary/aromatic N) is 4. The predicted octanol–water partition coefficient (Wildman–Crippen LogP) is 0.985. The van der Waals surface area contributed by atoms with Crippen LogP contribution in [0.1, 0.15) is 17.8 Å². The summed E-state index contributed by atoms with van der Waals surface area (Å²) in [6, 6.07) is 5.62. The van der Waals surface area contributed by atoms with Crippen LogP contribution in [0, 0.1) is 12.7 Å². The Bertz CT molecular complexity index is 962. The second-order valence-corrected chi connectivity index (χ2v) is 8.23. The van der Waals surface area contributed by atoms with E-state index in [0.717, 1.165) is 0 Å². The molecule has 3 heterocycles. The van der Waals surface area contributed by atoms with Crippen LogP contribution in [0.4, 0.5) is 4.39 Å². The molecule has 0 saturated carbocycles. The van der Waals surface area contributed by atoms with Crippen LogP contribution in [0.3, 0.4) is 0 Å². The van der Waals surface area contributed by atoms with E-state index in [9.17, 15) is 14.0 Å². The molecule has 0 bridgehead atoms. The fraction of sp³-hybridized carbons (Fsp3) is 0.545. The van der Waals surface area contributed by atoms with Crippen molar-refractivity contribution in [3.05, 3.63) is 41.5 Å². The number of aromatic nitrogens is 2. The first-order valence-electron chi connectivity index (χ1n) is 10.9. The van der Waals surface area contributed by atoms with Gasteiger partial charge in [-0.25, -0.2) is 9.02 Å². The van der Waals surface area contributed by atoms with Crippen molar-refractivity contribution >= 4 is 11.8 Å². The molecule has 2 aliphatic heterocycles. The standard InChI is InChI=1S/C22H27FN4O6/c1-16-19(25-33-24-16)12-20(28)27-8-11-32-22(14-27,13-21(29)26-6-9-30-10-7-26)15-31-18-4-2-17(23)3-5-18/h2-5H,6-15H2,1H3/t22-/m0/s1. The van der Waals surface area contributed by atoms with Crippen molar-refractivity contribution in [2.45, 2.75) is 25.4 Å². The summed E-state index contributed by atoms with van der Waals surface area (Å²) in [7, 11) is 0. The van der Waals surface area contributed by atoms with Gasteiger partial charge in [0, 0.05) is 19.6 Å². The Morgan fingerprint density at radius 1 is 1.06 bits per heavy atom. The van der Waals surface area contributed by atoms with Gasteiger partial charge in [-0.3, -0.25) is 9.59 Å². The molecule has 2 fully saturated rings. The number of hydrogen-bond acceptors (Lipinski definition) is 8. The molecule has 0 unspecified atom stereocenters. The third-order valence-electron chi connectivity index (χ3n) is 5.82. The molecule has 2 saturated heterocycles. The molecule has 1 atom stereocenters. The van der Waals surface area contributed by atoms with Crippen LogP contribution in [0.5, 0.6) is 5.75 Å². The van der Waals surface area contributed by atoms with E-state index in [4.69, 9.17) is 14.2 Å². The Kier molecular flexibility index (Phi) is 7.19. The number of morpholine rings is 2. The number of benzene rings is 1. The molecule has 10 nitrogen and oxygen atoms in total. The number of ether oxygens (including phenoxy) is 3. The number of carbonyl (C=O) groups excluding carboxylic acids is 2. The minimum atomic E-state index is -1.05. The number of hydrogen-bond donors (Lipinski definition) is 0. The zero-order chi connectivity index (χ0) is 23.3. The second-order valence-electron chi connectivity index (χ2n) is 8.23. The third kappa shape index (κ3) is 5.85. The summed E-state index contributed by atoms with van der Waals surface area (Å²) < 4.78 is 35.3. The maximum Gasteiger partial charge on any atom is 0.228 e. The first-order valence-corrected chi connectivity index (χ1v) is 10.9. The topological polar surface area (TPSA) is 107 Å². The molecule has 178 valence electrons. The first-order chi connectivity index (χ1) is 15.9. The van der Waals surface area contributed by atoms with Crippen molar-refractivity contribution in [2.75, 3.05) is 52.6 Å². The van der Waals surface area contributed by atoms with E-state index in [1.807, 2.05) is 0 Å². The van der Waals surface area contributed by atoms with Crippen LogP contribution in [-0.4, -0.2) is 90.1 Å². The van der Waals surface area contributed by atoms with Gasteiger partial charge in [0.25, 0.3) is 0 Å². The second kappa shape index (κ2) is 10.3. The smallest absolute Gasteiger partial charge is 0.228 e. The lowest BCUT2D eigenvalue weighted by Crippen LogP contribution is -2.59. The number of halogens is 1. The normalized spacial score (nSPS) is 21.2. The highest BCUT2D eigenvalue weighted by atomic mass is 19.1. The highest BCUT2D eigenvalue weighted by Crippen LogP contribution is 2.26.